The summed E-state index contributed by atoms with van der Waals surface area (Å²) in [5, 5.41) is 8.18. The van der Waals surface area contributed by atoms with Gasteiger partial charge >= 0.3 is 6.03 Å². The zero-order valence-corrected chi connectivity index (χ0v) is 15.9. The highest BCUT2D eigenvalue weighted by atomic mass is 16.5. The Morgan fingerprint density at radius 1 is 1.11 bits per heavy atom. The third kappa shape index (κ3) is 5.00. The van der Waals surface area contributed by atoms with Gasteiger partial charge in [-0.2, -0.15) is 0 Å². The molecule has 146 valence electrons. The molecule has 8 nitrogen and oxygen atoms in total. The normalized spacial score (nSPS) is 10.5. The van der Waals surface area contributed by atoms with Crippen molar-refractivity contribution in [3.05, 3.63) is 54.4 Å². The van der Waals surface area contributed by atoms with Gasteiger partial charge in [0.05, 0.1) is 11.0 Å². The van der Waals surface area contributed by atoms with Gasteiger partial charge in [-0.1, -0.05) is 18.2 Å². The van der Waals surface area contributed by atoms with Crippen LogP contribution in [-0.2, 0) is 18.3 Å². The van der Waals surface area contributed by atoms with E-state index in [9.17, 15) is 9.59 Å². The fourth-order valence-corrected chi connectivity index (χ4v) is 2.78. The molecule has 0 saturated carbocycles. The van der Waals surface area contributed by atoms with Crippen LogP contribution in [0.3, 0.4) is 0 Å². The van der Waals surface area contributed by atoms with Crippen LogP contribution in [0.4, 0.5) is 10.5 Å². The predicted molar refractivity (Wildman–Crippen MR) is 107 cm³/mol. The van der Waals surface area contributed by atoms with E-state index in [0.29, 0.717) is 24.4 Å². The van der Waals surface area contributed by atoms with Crippen molar-refractivity contribution in [2.75, 3.05) is 18.6 Å². The van der Waals surface area contributed by atoms with E-state index in [-0.39, 0.29) is 18.7 Å². The number of anilines is 1. The summed E-state index contributed by atoms with van der Waals surface area (Å²) in [4.78, 5) is 27.6. The number of rotatable bonds is 7. The van der Waals surface area contributed by atoms with E-state index in [1.807, 2.05) is 60.1 Å². The van der Waals surface area contributed by atoms with Gasteiger partial charge in [-0.25, -0.2) is 9.78 Å². The van der Waals surface area contributed by atoms with E-state index >= 15 is 0 Å². The summed E-state index contributed by atoms with van der Waals surface area (Å²) in [7, 11) is 1.93. The van der Waals surface area contributed by atoms with Gasteiger partial charge in [0.15, 0.2) is 6.73 Å². The highest BCUT2D eigenvalue weighted by molar-refractivity contribution is 5.92. The van der Waals surface area contributed by atoms with Gasteiger partial charge in [0, 0.05) is 32.6 Å². The van der Waals surface area contributed by atoms with Gasteiger partial charge in [0.25, 0.3) is 0 Å². The monoisotopic (exact) mass is 381 g/mol. The molecule has 0 saturated heterocycles. The summed E-state index contributed by atoms with van der Waals surface area (Å²) < 4.78 is 7.42. The van der Waals surface area contributed by atoms with Gasteiger partial charge in [-0.15, -0.1) is 0 Å². The maximum absolute atomic E-state index is 12.0. The van der Waals surface area contributed by atoms with E-state index in [1.165, 1.54) is 6.92 Å². The fraction of sp³-hybridized carbons (Fsp3) is 0.250. The number of carbonyl (C=O) groups is 2. The lowest BCUT2D eigenvalue weighted by molar-refractivity contribution is -0.118. The maximum atomic E-state index is 12.0. The molecule has 28 heavy (non-hydrogen) atoms. The summed E-state index contributed by atoms with van der Waals surface area (Å²) in [5.74, 6) is 1.48. The highest BCUT2D eigenvalue weighted by Gasteiger charge is 2.10. The Morgan fingerprint density at radius 2 is 1.89 bits per heavy atom. The minimum absolute atomic E-state index is 0.0625. The summed E-state index contributed by atoms with van der Waals surface area (Å²) in [5.41, 5.74) is 2.37. The third-order valence-electron chi connectivity index (χ3n) is 4.17. The number of aromatic nitrogens is 2. The molecule has 3 aromatic rings. The molecule has 0 aliphatic carbocycles. The Morgan fingerprint density at radius 3 is 2.64 bits per heavy atom. The lowest BCUT2D eigenvalue weighted by Crippen LogP contribution is -2.31. The van der Waals surface area contributed by atoms with Crippen LogP contribution in [-0.4, -0.2) is 34.8 Å². The predicted octanol–water partition coefficient (Wildman–Crippen LogP) is 2.41. The second-order valence-electron chi connectivity index (χ2n) is 6.26. The van der Waals surface area contributed by atoms with Crippen LogP contribution in [0.5, 0.6) is 5.75 Å². The molecule has 0 fully saturated rings. The number of hydrogen-bond donors (Lipinski definition) is 3. The molecule has 8 heteroatoms. The van der Waals surface area contributed by atoms with Crippen LogP contribution in [0.2, 0.25) is 0 Å². The molecule has 0 radical (unpaired) electrons. The van der Waals surface area contributed by atoms with Gasteiger partial charge in [0.1, 0.15) is 11.6 Å². The molecular formula is C20H23N5O3. The van der Waals surface area contributed by atoms with Crippen molar-refractivity contribution in [3.8, 4) is 5.75 Å². The first kappa shape index (κ1) is 19.2. The second-order valence-corrected chi connectivity index (χ2v) is 6.26. The number of para-hydroxylation sites is 1. The molecule has 3 rings (SSSR count). The van der Waals surface area contributed by atoms with E-state index in [1.54, 1.807) is 0 Å². The van der Waals surface area contributed by atoms with E-state index in [4.69, 9.17) is 4.74 Å². The van der Waals surface area contributed by atoms with Gasteiger partial charge in [-0.3, -0.25) is 4.79 Å². The number of imidazole rings is 1. The summed E-state index contributed by atoms with van der Waals surface area (Å²) in [6, 6.07) is 14.4. The Hall–Kier alpha value is -3.55. The number of ether oxygens (including phenoxy) is 1. The highest BCUT2D eigenvalue weighted by Crippen LogP contribution is 2.20. The van der Waals surface area contributed by atoms with Gasteiger partial charge in [0.2, 0.25) is 5.91 Å². The van der Waals surface area contributed by atoms with E-state index in [0.717, 1.165) is 16.9 Å². The number of aryl methyl sites for hydroxylation is 1. The largest absolute Gasteiger partial charge is 0.473 e. The number of nitrogens with one attached hydrogen (secondary N) is 3. The first-order valence-corrected chi connectivity index (χ1v) is 8.95. The third-order valence-corrected chi connectivity index (χ3v) is 4.17. The average Bonchev–Trinajstić information content (AvgIpc) is 2.97. The zero-order chi connectivity index (χ0) is 19.9. The van der Waals surface area contributed by atoms with Gasteiger partial charge in [-0.05, 0) is 30.3 Å². The van der Waals surface area contributed by atoms with Crippen LogP contribution in [0, 0.1) is 0 Å². The molecule has 0 bridgehead atoms. The SMILES string of the molecule is CC(=O)NCCc1nc2cc(NC(=O)NCOc3ccccc3)ccc2n1C. The number of nitrogens with zero attached hydrogens (tertiary/aromatic N) is 2. The molecule has 2 aromatic carbocycles. The van der Waals surface area contributed by atoms with Crippen LogP contribution in [0.1, 0.15) is 12.7 Å². The minimum Gasteiger partial charge on any atom is -0.473 e. The van der Waals surface area contributed by atoms with Crippen LogP contribution < -0.4 is 20.7 Å². The van der Waals surface area contributed by atoms with Crippen molar-refractivity contribution in [1.82, 2.24) is 20.2 Å². The number of amides is 3. The first-order valence-electron chi connectivity index (χ1n) is 8.95. The number of benzene rings is 2. The summed E-state index contributed by atoms with van der Waals surface area (Å²) >= 11 is 0. The number of fused-ring (bicyclic) bond motifs is 1. The maximum Gasteiger partial charge on any atom is 0.321 e. The number of hydrogen-bond acceptors (Lipinski definition) is 4. The van der Waals surface area contributed by atoms with Crippen LogP contribution in [0.15, 0.2) is 48.5 Å². The molecule has 0 spiro atoms. The quantitative estimate of drug-likeness (QED) is 0.548. The zero-order valence-electron chi connectivity index (χ0n) is 15.9. The lowest BCUT2D eigenvalue weighted by atomic mass is 10.3. The first-order chi connectivity index (χ1) is 13.5. The average molecular weight is 381 g/mol. The van der Waals surface area contributed by atoms with Gasteiger partial charge < -0.3 is 25.3 Å². The van der Waals surface area contributed by atoms with Crippen molar-refractivity contribution >= 4 is 28.7 Å². The summed E-state index contributed by atoms with van der Waals surface area (Å²) in [6.45, 7) is 2.08. The molecular weight excluding hydrogens is 358 g/mol. The van der Waals surface area contributed by atoms with Crippen molar-refractivity contribution in [2.24, 2.45) is 7.05 Å². The van der Waals surface area contributed by atoms with Crippen molar-refractivity contribution in [1.29, 1.82) is 0 Å². The summed E-state index contributed by atoms with van der Waals surface area (Å²) in [6.07, 6.45) is 0.630. The molecule has 0 unspecified atom stereocenters. The van der Waals surface area contributed by atoms with E-state index in [2.05, 4.69) is 20.9 Å². The minimum atomic E-state index is -0.364. The standard InChI is InChI=1S/C20H23N5O3/c1-14(26)21-11-10-19-24-17-12-15(8-9-18(17)25(19)2)23-20(27)22-13-28-16-6-4-3-5-7-16/h3-9,12H,10-11,13H2,1-2H3,(H,21,26)(H2,22,23,27). The topological polar surface area (TPSA) is 97.3 Å². The molecule has 0 aliphatic rings. The molecule has 1 heterocycles. The van der Waals surface area contributed by atoms with Crippen molar-refractivity contribution in [3.63, 3.8) is 0 Å². The van der Waals surface area contributed by atoms with Crippen LogP contribution >= 0.6 is 0 Å². The Balaban J connectivity index is 1.57. The van der Waals surface area contributed by atoms with E-state index < -0.39 is 0 Å². The molecule has 3 amide bonds. The second kappa shape index (κ2) is 8.90. The molecule has 0 atom stereocenters. The molecule has 0 aliphatic heterocycles. The Kier molecular flexibility index (Phi) is 6.11. The Bertz CT molecular complexity index is 969. The van der Waals surface area contributed by atoms with Crippen molar-refractivity contribution < 1.29 is 14.3 Å². The lowest BCUT2D eigenvalue weighted by Gasteiger charge is -2.09. The fourth-order valence-electron chi connectivity index (χ4n) is 2.78. The number of carbonyl (C=O) groups excluding carboxylic acids is 2. The van der Waals surface area contributed by atoms with Crippen LogP contribution in [0.25, 0.3) is 11.0 Å². The smallest absolute Gasteiger partial charge is 0.321 e. The van der Waals surface area contributed by atoms with Crippen molar-refractivity contribution in [2.45, 2.75) is 13.3 Å². The molecule has 1 aromatic heterocycles. The Labute approximate surface area is 162 Å². The molecule has 3 N–H and O–H groups in total. The number of urea groups is 1.